The van der Waals surface area contributed by atoms with E-state index in [0.717, 1.165) is 23.4 Å². The molecule has 1 aromatic carbocycles. The van der Waals surface area contributed by atoms with Gasteiger partial charge in [0, 0.05) is 0 Å². The fourth-order valence-corrected chi connectivity index (χ4v) is 1.90. The van der Waals surface area contributed by atoms with Crippen LogP contribution in [0.3, 0.4) is 0 Å². The minimum Gasteiger partial charge on any atom is -0.341 e. The van der Waals surface area contributed by atoms with Gasteiger partial charge in [-0.15, -0.1) is 0 Å². The summed E-state index contributed by atoms with van der Waals surface area (Å²) in [5.74, 6) is 1.02. The predicted octanol–water partition coefficient (Wildman–Crippen LogP) is 2.92. The van der Waals surface area contributed by atoms with Crippen LogP contribution in [0.2, 0.25) is 0 Å². The average Bonchev–Trinajstić information content (AvgIpc) is 2.55. The van der Waals surface area contributed by atoms with Crippen LogP contribution in [-0.4, -0.2) is 29.0 Å². The van der Waals surface area contributed by atoms with Crippen LogP contribution in [0.5, 0.6) is 0 Å². The molecule has 0 amide bonds. The second-order valence-corrected chi connectivity index (χ2v) is 5.90. The van der Waals surface area contributed by atoms with E-state index >= 15 is 0 Å². The summed E-state index contributed by atoms with van der Waals surface area (Å²) >= 11 is 0. The number of H-pyrrole nitrogens is 1. The molecule has 2 rings (SSSR count). The molecule has 0 atom stereocenters. The summed E-state index contributed by atoms with van der Waals surface area (Å²) in [6.45, 7) is 7.52. The van der Waals surface area contributed by atoms with Crippen molar-refractivity contribution in [1.82, 2.24) is 14.9 Å². The van der Waals surface area contributed by atoms with Gasteiger partial charge in [0.05, 0.1) is 17.6 Å². The van der Waals surface area contributed by atoms with E-state index in [4.69, 9.17) is 0 Å². The Labute approximate surface area is 103 Å². The maximum atomic E-state index is 4.63. The van der Waals surface area contributed by atoms with Crippen molar-refractivity contribution in [3.63, 3.8) is 0 Å². The molecular formula is C14H21N3. The first-order valence-electron chi connectivity index (χ1n) is 6.00. The van der Waals surface area contributed by atoms with Crippen molar-refractivity contribution in [2.75, 3.05) is 14.1 Å². The van der Waals surface area contributed by atoms with Gasteiger partial charge in [-0.3, -0.25) is 0 Å². The second kappa shape index (κ2) is 4.15. The summed E-state index contributed by atoms with van der Waals surface area (Å²) in [6, 6.07) is 6.49. The summed E-state index contributed by atoms with van der Waals surface area (Å²) in [5, 5.41) is 0. The molecule has 0 aliphatic carbocycles. The first-order chi connectivity index (χ1) is 7.86. The van der Waals surface area contributed by atoms with Crippen molar-refractivity contribution in [3.05, 3.63) is 29.6 Å². The van der Waals surface area contributed by atoms with Crippen LogP contribution in [0.1, 0.15) is 32.2 Å². The molecule has 0 spiro atoms. The Morgan fingerprint density at radius 3 is 2.53 bits per heavy atom. The maximum absolute atomic E-state index is 4.63. The zero-order valence-corrected chi connectivity index (χ0v) is 11.3. The van der Waals surface area contributed by atoms with Gasteiger partial charge in [-0.2, -0.15) is 0 Å². The second-order valence-electron chi connectivity index (χ2n) is 5.90. The maximum Gasteiger partial charge on any atom is 0.121 e. The Hall–Kier alpha value is -1.35. The minimum atomic E-state index is 0.175. The number of aromatic amines is 1. The van der Waals surface area contributed by atoms with Gasteiger partial charge in [0.15, 0.2) is 0 Å². The van der Waals surface area contributed by atoms with E-state index in [-0.39, 0.29) is 5.41 Å². The van der Waals surface area contributed by atoms with Crippen molar-refractivity contribution < 1.29 is 0 Å². The minimum absolute atomic E-state index is 0.175. The zero-order chi connectivity index (χ0) is 12.6. The molecule has 2 aromatic rings. The largest absolute Gasteiger partial charge is 0.341 e. The number of nitrogens with one attached hydrogen (secondary N) is 1. The quantitative estimate of drug-likeness (QED) is 0.861. The molecule has 17 heavy (non-hydrogen) atoms. The van der Waals surface area contributed by atoms with Crippen LogP contribution in [0.4, 0.5) is 0 Å². The zero-order valence-electron chi connectivity index (χ0n) is 11.3. The summed E-state index contributed by atoms with van der Waals surface area (Å²) < 4.78 is 0. The van der Waals surface area contributed by atoms with E-state index < -0.39 is 0 Å². The summed E-state index contributed by atoms with van der Waals surface area (Å²) in [6.07, 6.45) is 0. The van der Waals surface area contributed by atoms with E-state index in [1.54, 1.807) is 0 Å². The Balaban J connectivity index is 2.41. The monoisotopic (exact) mass is 231 g/mol. The van der Waals surface area contributed by atoms with Gasteiger partial charge in [0.25, 0.3) is 0 Å². The molecule has 0 bridgehead atoms. The molecule has 1 heterocycles. The van der Waals surface area contributed by atoms with Crippen LogP contribution in [0.25, 0.3) is 11.0 Å². The number of aromatic nitrogens is 2. The van der Waals surface area contributed by atoms with Gasteiger partial charge >= 0.3 is 0 Å². The molecule has 3 heteroatoms. The average molecular weight is 231 g/mol. The van der Waals surface area contributed by atoms with Crippen molar-refractivity contribution in [3.8, 4) is 0 Å². The highest BCUT2D eigenvalue weighted by Gasteiger charge is 2.14. The Morgan fingerprint density at radius 1 is 1.24 bits per heavy atom. The summed E-state index contributed by atoms with van der Waals surface area (Å²) in [7, 11) is 4.10. The van der Waals surface area contributed by atoms with Gasteiger partial charge in [-0.05, 0) is 37.2 Å². The molecular weight excluding hydrogens is 210 g/mol. The third kappa shape index (κ3) is 2.67. The SMILES string of the molecule is CN(C)Cc1nc2cc(C(C)(C)C)ccc2[nH]1. The molecule has 92 valence electrons. The van der Waals surface area contributed by atoms with Crippen molar-refractivity contribution >= 4 is 11.0 Å². The molecule has 1 aromatic heterocycles. The number of imidazole rings is 1. The lowest BCUT2D eigenvalue weighted by atomic mass is 9.87. The van der Waals surface area contributed by atoms with E-state index in [1.807, 2.05) is 14.1 Å². The van der Waals surface area contributed by atoms with E-state index in [1.165, 1.54) is 5.56 Å². The molecule has 0 fully saturated rings. The van der Waals surface area contributed by atoms with E-state index in [0.29, 0.717) is 0 Å². The lowest BCUT2D eigenvalue weighted by molar-refractivity contribution is 0.392. The molecule has 1 N–H and O–H groups in total. The lowest BCUT2D eigenvalue weighted by Crippen LogP contribution is -2.11. The Bertz CT molecular complexity index is 518. The van der Waals surface area contributed by atoms with Crippen LogP contribution >= 0.6 is 0 Å². The fraction of sp³-hybridized carbons (Fsp3) is 0.500. The topological polar surface area (TPSA) is 31.9 Å². The Morgan fingerprint density at radius 2 is 1.94 bits per heavy atom. The summed E-state index contributed by atoms with van der Waals surface area (Å²) in [5.41, 5.74) is 3.69. The van der Waals surface area contributed by atoms with Crippen LogP contribution in [0.15, 0.2) is 18.2 Å². The number of hydrogen-bond acceptors (Lipinski definition) is 2. The number of benzene rings is 1. The Kier molecular flexibility index (Phi) is 2.96. The van der Waals surface area contributed by atoms with Crippen LogP contribution < -0.4 is 0 Å². The highest BCUT2D eigenvalue weighted by atomic mass is 15.1. The van der Waals surface area contributed by atoms with Gasteiger partial charge in [0.1, 0.15) is 5.82 Å². The predicted molar refractivity (Wildman–Crippen MR) is 72.2 cm³/mol. The normalized spacial score (nSPS) is 12.6. The van der Waals surface area contributed by atoms with Gasteiger partial charge in [-0.25, -0.2) is 4.98 Å². The molecule has 0 radical (unpaired) electrons. The highest BCUT2D eigenvalue weighted by Crippen LogP contribution is 2.25. The highest BCUT2D eigenvalue weighted by molar-refractivity contribution is 5.76. The molecule has 0 saturated heterocycles. The molecule has 3 nitrogen and oxygen atoms in total. The van der Waals surface area contributed by atoms with Crippen molar-refractivity contribution in [2.24, 2.45) is 0 Å². The number of fused-ring (bicyclic) bond motifs is 1. The third-order valence-electron chi connectivity index (χ3n) is 2.86. The summed E-state index contributed by atoms with van der Waals surface area (Å²) in [4.78, 5) is 10.1. The van der Waals surface area contributed by atoms with Crippen LogP contribution in [0, 0.1) is 0 Å². The van der Waals surface area contributed by atoms with Crippen LogP contribution in [-0.2, 0) is 12.0 Å². The van der Waals surface area contributed by atoms with E-state index in [2.05, 4.69) is 53.8 Å². The molecule has 0 unspecified atom stereocenters. The smallest absolute Gasteiger partial charge is 0.121 e. The molecule has 0 aliphatic rings. The first-order valence-corrected chi connectivity index (χ1v) is 6.00. The van der Waals surface area contributed by atoms with Gasteiger partial charge in [0.2, 0.25) is 0 Å². The fourth-order valence-electron chi connectivity index (χ4n) is 1.90. The number of rotatable bonds is 2. The number of nitrogens with zero attached hydrogens (tertiary/aromatic N) is 2. The van der Waals surface area contributed by atoms with Gasteiger partial charge in [-0.1, -0.05) is 26.8 Å². The standard InChI is InChI=1S/C14H21N3/c1-14(2,3)10-6-7-11-12(8-10)16-13(15-11)9-17(4)5/h6-8H,9H2,1-5H3,(H,15,16). The molecule has 0 aliphatic heterocycles. The van der Waals surface area contributed by atoms with E-state index in [9.17, 15) is 0 Å². The van der Waals surface area contributed by atoms with Crippen molar-refractivity contribution in [2.45, 2.75) is 32.7 Å². The number of hydrogen-bond donors (Lipinski definition) is 1. The third-order valence-corrected chi connectivity index (χ3v) is 2.86. The first kappa shape index (κ1) is 12.1. The molecule has 0 saturated carbocycles. The van der Waals surface area contributed by atoms with Crippen molar-refractivity contribution in [1.29, 1.82) is 0 Å². The van der Waals surface area contributed by atoms with Gasteiger partial charge < -0.3 is 9.88 Å². The lowest BCUT2D eigenvalue weighted by Gasteiger charge is -2.18.